The second-order valence-electron chi connectivity index (χ2n) is 7.11. The molecule has 0 saturated carbocycles. The molecular weight excluding hydrogens is 416 g/mol. The Labute approximate surface area is 191 Å². The minimum Gasteiger partial charge on any atom is -0.494 e. The second-order valence-corrected chi connectivity index (χ2v) is 7.11. The Kier molecular flexibility index (Phi) is 6.75. The van der Waals surface area contributed by atoms with Crippen molar-refractivity contribution in [3.8, 4) is 11.5 Å². The van der Waals surface area contributed by atoms with Gasteiger partial charge in [0.15, 0.2) is 0 Å². The van der Waals surface area contributed by atoms with E-state index in [0.29, 0.717) is 34.8 Å². The van der Waals surface area contributed by atoms with Gasteiger partial charge in [0.05, 0.1) is 18.4 Å². The summed E-state index contributed by atoms with van der Waals surface area (Å²) in [6, 6.07) is 26.8. The molecule has 164 valence electrons. The number of ether oxygens (including phenoxy) is 2. The molecule has 0 spiro atoms. The first-order valence-corrected chi connectivity index (χ1v) is 10.5. The molecule has 4 aromatic rings. The average Bonchev–Trinajstić information content (AvgIpc) is 2.86. The van der Waals surface area contributed by atoms with E-state index in [1.54, 1.807) is 54.6 Å². The van der Waals surface area contributed by atoms with Crippen LogP contribution < -0.4 is 14.9 Å². The zero-order chi connectivity index (χ0) is 23.0. The topological polar surface area (TPSA) is 77.0 Å². The van der Waals surface area contributed by atoms with Crippen LogP contribution >= 0.6 is 0 Å². The van der Waals surface area contributed by atoms with Gasteiger partial charge in [0.25, 0.3) is 5.91 Å². The summed E-state index contributed by atoms with van der Waals surface area (Å²) in [5.41, 5.74) is 3.99. The van der Waals surface area contributed by atoms with E-state index >= 15 is 0 Å². The predicted octanol–water partition coefficient (Wildman–Crippen LogP) is 5.22. The average molecular weight is 438 g/mol. The van der Waals surface area contributed by atoms with Crippen LogP contribution in [0.5, 0.6) is 11.5 Å². The number of esters is 1. The van der Waals surface area contributed by atoms with Gasteiger partial charge in [0, 0.05) is 11.1 Å². The van der Waals surface area contributed by atoms with E-state index in [1.165, 1.54) is 6.21 Å². The van der Waals surface area contributed by atoms with Gasteiger partial charge in [-0.15, -0.1) is 0 Å². The molecule has 0 aliphatic heterocycles. The van der Waals surface area contributed by atoms with E-state index in [0.717, 1.165) is 10.8 Å². The van der Waals surface area contributed by atoms with Crippen molar-refractivity contribution in [3.05, 3.63) is 108 Å². The standard InChI is InChI=1S/C27H22N2O4/c1-2-32-22-15-12-21(13-16-22)27(31)33-25-17-14-19-8-6-7-11-23(19)24(25)18-28-29-26(30)20-9-4-3-5-10-20/h3-18H,2H2,1H3,(H,29,30)/b28-18+. The first-order valence-electron chi connectivity index (χ1n) is 10.5. The summed E-state index contributed by atoms with van der Waals surface area (Å²) in [7, 11) is 0. The SMILES string of the molecule is CCOc1ccc(C(=O)Oc2ccc3ccccc3c2/C=N/NC(=O)c2ccccc2)cc1. The lowest BCUT2D eigenvalue weighted by atomic mass is 10.0. The molecule has 0 saturated heterocycles. The van der Waals surface area contributed by atoms with Crippen molar-refractivity contribution in [1.29, 1.82) is 0 Å². The molecule has 0 bridgehead atoms. The van der Waals surface area contributed by atoms with E-state index in [4.69, 9.17) is 9.47 Å². The number of hydrogen-bond donors (Lipinski definition) is 1. The highest BCUT2D eigenvalue weighted by molar-refractivity contribution is 6.04. The molecule has 0 aliphatic rings. The van der Waals surface area contributed by atoms with Gasteiger partial charge in [-0.2, -0.15) is 5.10 Å². The van der Waals surface area contributed by atoms with Crippen LogP contribution in [-0.4, -0.2) is 24.7 Å². The van der Waals surface area contributed by atoms with Crippen molar-refractivity contribution in [3.63, 3.8) is 0 Å². The summed E-state index contributed by atoms with van der Waals surface area (Å²) in [5, 5.41) is 5.90. The Morgan fingerprint density at radius 2 is 1.58 bits per heavy atom. The molecule has 0 unspecified atom stereocenters. The third-order valence-corrected chi connectivity index (χ3v) is 4.93. The van der Waals surface area contributed by atoms with Crippen LogP contribution in [0.2, 0.25) is 0 Å². The van der Waals surface area contributed by atoms with E-state index in [9.17, 15) is 9.59 Å². The number of nitrogens with zero attached hydrogens (tertiary/aromatic N) is 1. The van der Waals surface area contributed by atoms with E-state index in [1.807, 2.05) is 43.3 Å². The number of hydrazone groups is 1. The highest BCUT2D eigenvalue weighted by Crippen LogP contribution is 2.27. The Bertz CT molecular complexity index is 1300. The molecule has 4 aromatic carbocycles. The number of fused-ring (bicyclic) bond motifs is 1. The lowest BCUT2D eigenvalue weighted by Gasteiger charge is -2.11. The molecule has 6 heteroatoms. The fourth-order valence-corrected chi connectivity index (χ4v) is 3.32. The van der Waals surface area contributed by atoms with Crippen LogP contribution in [-0.2, 0) is 0 Å². The third-order valence-electron chi connectivity index (χ3n) is 4.93. The molecule has 33 heavy (non-hydrogen) atoms. The summed E-state index contributed by atoms with van der Waals surface area (Å²) >= 11 is 0. The molecular formula is C27H22N2O4. The molecule has 0 fully saturated rings. The van der Waals surface area contributed by atoms with Gasteiger partial charge in [0.2, 0.25) is 0 Å². The molecule has 6 nitrogen and oxygen atoms in total. The number of carbonyl (C=O) groups excluding carboxylic acids is 2. The zero-order valence-electron chi connectivity index (χ0n) is 18.0. The first-order chi connectivity index (χ1) is 16.2. The summed E-state index contributed by atoms with van der Waals surface area (Å²) in [6.45, 7) is 2.44. The largest absolute Gasteiger partial charge is 0.494 e. The fourth-order valence-electron chi connectivity index (χ4n) is 3.32. The van der Waals surface area contributed by atoms with E-state index in [2.05, 4.69) is 10.5 Å². The van der Waals surface area contributed by atoms with Crippen molar-refractivity contribution in [2.45, 2.75) is 6.92 Å². The van der Waals surface area contributed by atoms with Crippen molar-refractivity contribution in [1.82, 2.24) is 5.43 Å². The Balaban J connectivity index is 1.59. The van der Waals surface area contributed by atoms with E-state index in [-0.39, 0.29) is 5.91 Å². The first kappa shape index (κ1) is 21.8. The van der Waals surface area contributed by atoms with Crippen LogP contribution in [0, 0.1) is 0 Å². The van der Waals surface area contributed by atoms with Gasteiger partial charge < -0.3 is 9.47 Å². The number of nitrogens with one attached hydrogen (secondary N) is 1. The highest BCUT2D eigenvalue weighted by Gasteiger charge is 2.14. The van der Waals surface area contributed by atoms with Gasteiger partial charge >= 0.3 is 5.97 Å². The maximum atomic E-state index is 12.8. The van der Waals surface area contributed by atoms with Gasteiger partial charge in [-0.3, -0.25) is 4.79 Å². The predicted molar refractivity (Wildman–Crippen MR) is 128 cm³/mol. The van der Waals surface area contributed by atoms with Crippen LogP contribution in [0.1, 0.15) is 33.2 Å². The number of hydrogen-bond acceptors (Lipinski definition) is 5. The third kappa shape index (κ3) is 5.25. The van der Waals surface area contributed by atoms with Gasteiger partial charge in [0.1, 0.15) is 11.5 Å². The lowest BCUT2D eigenvalue weighted by molar-refractivity contribution is 0.0734. The van der Waals surface area contributed by atoms with Gasteiger partial charge in [-0.05, 0) is 60.2 Å². The molecule has 0 heterocycles. The molecule has 1 amide bonds. The smallest absolute Gasteiger partial charge is 0.343 e. The normalized spacial score (nSPS) is 10.8. The second kappa shape index (κ2) is 10.2. The quantitative estimate of drug-likeness (QED) is 0.186. The zero-order valence-corrected chi connectivity index (χ0v) is 18.0. The number of benzene rings is 4. The number of rotatable bonds is 7. The van der Waals surface area contributed by atoms with Crippen LogP contribution in [0.4, 0.5) is 0 Å². The molecule has 0 aromatic heterocycles. The fraction of sp³-hybridized carbons (Fsp3) is 0.0741. The lowest BCUT2D eigenvalue weighted by Crippen LogP contribution is -2.17. The van der Waals surface area contributed by atoms with Gasteiger partial charge in [-0.25, -0.2) is 10.2 Å². The Morgan fingerprint density at radius 3 is 2.33 bits per heavy atom. The molecule has 0 radical (unpaired) electrons. The minimum atomic E-state index is -0.503. The minimum absolute atomic E-state index is 0.333. The summed E-state index contributed by atoms with van der Waals surface area (Å²) in [4.78, 5) is 25.1. The van der Waals surface area contributed by atoms with Crippen molar-refractivity contribution >= 4 is 28.9 Å². The monoisotopic (exact) mass is 438 g/mol. The Hall–Kier alpha value is -4.45. The molecule has 0 aliphatic carbocycles. The maximum Gasteiger partial charge on any atom is 0.343 e. The van der Waals surface area contributed by atoms with Gasteiger partial charge in [-0.1, -0.05) is 48.5 Å². The highest BCUT2D eigenvalue weighted by atomic mass is 16.5. The summed E-state index contributed by atoms with van der Waals surface area (Å²) in [6.07, 6.45) is 1.49. The Morgan fingerprint density at radius 1 is 0.848 bits per heavy atom. The number of amides is 1. The maximum absolute atomic E-state index is 12.8. The van der Waals surface area contributed by atoms with E-state index < -0.39 is 5.97 Å². The van der Waals surface area contributed by atoms with Crippen LogP contribution in [0.25, 0.3) is 10.8 Å². The van der Waals surface area contributed by atoms with Crippen molar-refractivity contribution < 1.29 is 19.1 Å². The molecule has 1 N–H and O–H groups in total. The van der Waals surface area contributed by atoms with Crippen LogP contribution in [0.3, 0.4) is 0 Å². The molecule has 0 atom stereocenters. The van der Waals surface area contributed by atoms with Crippen molar-refractivity contribution in [2.24, 2.45) is 5.10 Å². The van der Waals surface area contributed by atoms with Crippen molar-refractivity contribution in [2.75, 3.05) is 6.61 Å². The van der Waals surface area contributed by atoms with Crippen LogP contribution in [0.15, 0.2) is 96.1 Å². The summed E-state index contributed by atoms with van der Waals surface area (Å²) in [5.74, 6) is 0.184. The number of carbonyl (C=O) groups is 2. The summed E-state index contributed by atoms with van der Waals surface area (Å²) < 4.78 is 11.1. The molecule has 4 rings (SSSR count).